The first kappa shape index (κ1) is 18.6. The van der Waals surface area contributed by atoms with Gasteiger partial charge in [0.1, 0.15) is 5.82 Å². The van der Waals surface area contributed by atoms with Gasteiger partial charge in [-0.05, 0) is 50.2 Å². The summed E-state index contributed by atoms with van der Waals surface area (Å²) in [4.78, 5) is 31.2. The Morgan fingerprint density at radius 3 is 2.57 bits per heavy atom. The smallest absolute Gasteiger partial charge is 0.254 e. The van der Waals surface area contributed by atoms with Gasteiger partial charge in [0.05, 0.1) is 12.1 Å². The number of halogens is 1. The van der Waals surface area contributed by atoms with Crippen molar-refractivity contribution in [1.82, 2.24) is 9.80 Å². The highest BCUT2D eigenvalue weighted by Crippen LogP contribution is 2.34. The monoisotopic (exact) mass is 381 g/mol. The van der Waals surface area contributed by atoms with E-state index >= 15 is 0 Å². The van der Waals surface area contributed by atoms with E-state index in [9.17, 15) is 14.0 Å². The number of amides is 2. The molecule has 1 unspecified atom stereocenters. The van der Waals surface area contributed by atoms with Crippen molar-refractivity contribution in [2.75, 3.05) is 38.1 Å². The van der Waals surface area contributed by atoms with Crippen molar-refractivity contribution in [1.29, 1.82) is 0 Å². The number of hydrogen-bond acceptors (Lipinski definition) is 3. The Bertz CT molecular complexity index is 917. The molecule has 5 nitrogen and oxygen atoms in total. The molecule has 2 amide bonds. The molecule has 1 atom stereocenters. The molecule has 2 aromatic rings. The summed E-state index contributed by atoms with van der Waals surface area (Å²) in [5, 5.41) is 0. The normalized spacial score (nSPS) is 22.9. The van der Waals surface area contributed by atoms with Gasteiger partial charge in [0.15, 0.2) is 0 Å². The molecule has 146 valence electrons. The predicted molar refractivity (Wildman–Crippen MR) is 106 cm³/mol. The van der Waals surface area contributed by atoms with Crippen LogP contribution < -0.4 is 4.90 Å². The fourth-order valence-corrected chi connectivity index (χ4v) is 4.18. The minimum atomic E-state index is -0.365. The van der Waals surface area contributed by atoms with E-state index in [1.165, 1.54) is 6.07 Å². The van der Waals surface area contributed by atoms with Crippen LogP contribution in [0, 0.1) is 12.7 Å². The largest absolute Gasteiger partial charge is 0.337 e. The predicted octanol–water partition coefficient (Wildman–Crippen LogP) is 2.70. The van der Waals surface area contributed by atoms with Gasteiger partial charge in [-0.1, -0.05) is 24.3 Å². The van der Waals surface area contributed by atoms with Crippen molar-refractivity contribution in [3.8, 4) is 0 Å². The van der Waals surface area contributed by atoms with Crippen molar-refractivity contribution in [3.63, 3.8) is 0 Å². The summed E-state index contributed by atoms with van der Waals surface area (Å²) >= 11 is 0. The number of para-hydroxylation sites is 1. The molecule has 0 aliphatic carbocycles. The fraction of sp³-hybridized carbons (Fsp3) is 0.364. The van der Waals surface area contributed by atoms with Crippen LogP contribution in [0.3, 0.4) is 0 Å². The highest BCUT2D eigenvalue weighted by atomic mass is 19.1. The minimum absolute atomic E-state index is 0.0599. The summed E-state index contributed by atoms with van der Waals surface area (Å²) in [5.41, 5.74) is 1.49. The Balaban J connectivity index is 1.56. The van der Waals surface area contributed by atoms with Crippen LogP contribution >= 0.6 is 0 Å². The number of benzene rings is 2. The third-order valence-corrected chi connectivity index (χ3v) is 6.04. The maximum atomic E-state index is 13.9. The van der Waals surface area contributed by atoms with Crippen LogP contribution in [0.2, 0.25) is 0 Å². The van der Waals surface area contributed by atoms with Crippen LogP contribution in [0.1, 0.15) is 22.3 Å². The van der Waals surface area contributed by atoms with E-state index in [0.29, 0.717) is 37.3 Å². The molecule has 2 aromatic carbocycles. The van der Waals surface area contributed by atoms with Gasteiger partial charge in [-0.3, -0.25) is 14.5 Å². The lowest BCUT2D eigenvalue weighted by molar-refractivity contribution is -0.123. The van der Waals surface area contributed by atoms with Gasteiger partial charge in [0.2, 0.25) is 5.91 Å². The molecule has 2 fully saturated rings. The van der Waals surface area contributed by atoms with Crippen molar-refractivity contribution in [3.05, 3.63) is 65.5 Å². The second-order valence-electron chi connectivity index (χ2n) is 7.84. The second-order valence-corrected chi connectivity index (χ2v) is 7.84. The first-order valence-electron chi connectivity index (χ1n) is 9.52. The number of anilines is 1. The number of hydrogen-bond donors (Lipinski definition) is 0. The van der Waals surface area contributed by atoms with Gasteiger partial charge in [0, 0.05) is 30.9 Å². The molecule has 28 heavy (non-hydrogen) atoms. The van der Waals surface area contributed by atoms with Crippen molar-refractivity contribution in [2.24, 2.45) is 0 Å². The molecule has 2 aliphatic rings. The average Bonchev–Trinajstić information content (AvgIpc) is 3.12. The molecule has 2 aliphatic heterocycles. The number of nitrogens with zero attached hydrogens (tertiary/aromatic N) is 3. The topological polar surface area (TPSA) is 43.9 Å². The van der Waals surface area contributed by atoms with Gasteiger partial charge in [-0.2, -0.15) is 0 Å². The summed E-state index contributed by atoms with van der Waals surface area (Å²) in [6, 6.07) is 14.3. The fourth-order valence-electron chi connectivity index (χ4n) is 4.18. The number of likely N-dealkylation sites (N-methyl/N-ethyl adjacent to an activating group) is 1. The molecule has 2 heterocycles. The van der Waals surface area contributed by atoms with E-state index < -0.39 is 0 Å². The van der Waals surface area contributed by atoms with Gasteiger partial charge in [0.25, 0.3) is 5.91 Å². The third-order valence-electron chi connectivity index (χ3n) is 6.04. The Morgan fingerprint density at radius 2 is 1.86 bits per heavy atom. The summed E-state index contributed by atoms with van der Waals surface area (Å²) in [6.07, 6.45) is 0.778. The number of rotatable bonds is 2. The molecule has 2 saturated heterocycles. The molecule has 4 rings (SSSR count). The molecular formula is C22H24FN3O2. The summed E-state index contributed by atoms with van der Waals surface area (Å²) in [5.74, 6) is -0.465. The van der Waals surface area contributed by atoms with E-state index in [1.54, 1.807) is 24.0 Å². The average molecular weight is 381 g/mol. The van der Waals surface area contributed by atoms with Crippen LogP contribution in [0.4, 0.5) is 10.1 Å². The molecule has 1 spiro atoms. The Labute approximate surface area is 164 Å². The lowest BCUT2D eigenvalue weighted by Crippen LogP contribution is -2.64. The Kier molecular flexibility index (Phi) is 4.67. The van der Waals surface area contributed by atoms with Gasteiger partial charge in [-0.15, -0.1) is 0 Å². The first-order chi connectivity index (χ1) is 13.4. The maximum Gasteiger partial charge on any atom is 0.254 e. The molecule has 0 radical (unpaired) electrons. The van der Waals surface area contributed by atoms with Crippen LogP contribution in [0.5, 0.6) is 0 Å². The standard InChI is InChI=1S/C22H24FN3O2/c1-16-8-9-17(12-19(16)23)21(28)25-11-10-22(14-25)15-26(20(27)13-24(22)2)18-6-4-3-5-7-18/h3-9,12H,10-11,13-15H2,1-2H3. The van der Waals surface area contributed by atoms with Crippen molar-refractivity contribution < 1.29 is 14.0 Å². The lowest BCUT2D eigenvalue weighted by atomic mass is 9.92. The zero-order chi connectivity index (χ0) is 19.9. The van der Waals surface area contributed by atoms with Gasteiger partial charge >= 0.3 is 0 Å². The molecular weight excluding hydrogens is 357 g/mol. The van der Waals surface area contributed by atoms with Crippen LogP contribution in [-0.2, 0) is 4.79 Å². The van der Waals surface area contributed by atoms with E-state index in [2.05, 4.69) is 4.90 Å². The number of aryl methyl sites for hydroxylation is 1. The number of carbonyl (C=O) groups excluding carboxylic acids is 2. The maximum absolute atomic E-state index is 13.9. The minimum Gasteiger partial charge on any atom is -0.337 e. The quantitative estimate of drug-likeness (QED) is 0.803. The van der Waals surface area contributed by atoms with E-state index in [0.717, 1.165) is 12.1 Å². The Hall–Kier alpha value is -2.73. The molecule has 0 aromatic heterocycles. The van der Waals surface area contributed by atoms with Crippen LogP contribution in [0.15, 0.2) is 48.5 Å². The first-order valence-corrected chi connectivity index (χ1v) is 9.52. The van der Waals surface area contributed by atoms with E-state index in [4.69, 9.17) is 0 Å². The molecule has 0 saturated carbocycles. The lowest BCUT2D eigenvalue weighted by Gasteiger charge is -2.46. The van der Waals surface area contributed by atoms with Crippen LogP contribution in [-0.4, -0.2) is 60.4 Å². The molecule has 0 bridgehead atoms. The SMILES string of the molecule is Cc1ccc(C(=O)N2CCC3(C2)CN(c2ccccc2)C(=O)CN3C)cc1F. The zero-order valence-electron chi connectivity index (χ0n) is 16.2. The van der Waals surface area contributed by atoms with Gasteiger partial charge in [-0.25, -0.2) is 4.39 Å². The van der Waals surface area contributed by atoms with Crippen molar-refractivity contribution >= 4 is 17.5 Å². The van der Waals surface area contributed by atoms with E-state index in [-0.39, 0.29) is 23.2 Å². The summed E-state index contributed by atoms with van der Waals surface area (Å²) < 4.78 is 13.9. The zero-order valence-corrected chi connectivity index (χ0v) is 16.2. The van der Waals surface area contributed by atoms with Gasteiger partial charge < -0.3 is 9.80 Å². The Morgan fingerprint density at radius 1 is 1.11 bits per heavy atom. The van der Waals surface area contributed by atoms with Crippen molar-refractivity contribution in [2.45, 2.75) is 18.9 Å². The summed E-state index contributed by atoms with van der Waals surface area (Å²) in [6.45, 7) is 3.65. The highest BCUT2D eigenvalue weighted by Gasteiger charge is 2.48. The van der Waals surface area contributed by atoms with Crippen LogP contribution in [0.25, 0.3) is 0 Å². The molecule has 0 N–H and O–H groups in total. The second kappa shape index (κ2) is 7.02. The third kappa shape index (κ3) is 3.18. The number of piperazine rings is 1. The molecule has 6 heteroatoms. The summed E-state index contributed by atoms with van der Waals surface area (Å²) in [7, 11) is 1.94. The highest BCUT2D eigenvalue weighted by molar-refractivity contribution is 5.97. The number of likely N-dealkylation sites (tertiary alicyclic amines) is 1. The van der Waals surface area contributed by atoms with E-state index in [1.807, 2.05) is 42.3 Å². The number of carbonyl (C=O) groups is 2.